The molecule has 20 heavy (non-hydrogen) atoms. The van der Waals surface area contributed by atoms with Crippen LogP contribution in [0.3, 0.4) is 0 Å². The minimum absolute atomic E-state index is 0.0332. The molecule has 0 aromatic carbocycles. The van der Waals surface area contributed by atoms with Gasteiger partial charge in [0.2, 0.25) is 5.91 Å². The molecule has 1 aliphatic heterocycles. The Hall–Kier alpha value is -1.82. The number of furan rings is 1. The highest BCUT2D eigenvalue weighted by Crippen LogP contribution is 2.09. The summed E-state index contributed by atoms with van der Waals surface area (Å²) in [6, 6.07) is 3.54. The van der Waals surface area contributed by atoms with E-state index >= 15 is 0 Å². The molecule has 0 unspecified atom stereocenters. The number of nitrogens with zero attached hydrogens (tertiary/aromatic N) is 2. The van der Waals surface area contributed by atoms with Crippen LogP contribution in [-0.4, -0.2) is 60.4 Å². The standard InChI is InChI=1S/C14H21N3O3/c1-11(2)15-13(18)10-16-5-7-17(8-6-16)14(19)12-4-3-9-20-12/h3-4,9,11H,5-8,10H2,1-2H3,(H,15,18). The number of amides is 2. The minimum Gasteiger partial charge on any atom is -0.459 e. The summed E-state index contributed by atoms with van der Waals surface area (Å²) in [5.41, 5.74) is 0. The van der Waals surface area contributed by atoms with E-state index in [2.05, 4.69) is 10.2 Å². The van der Waals surface area contributed by atoms with E-state index in [0.29, 0.717) is 38.5 Å². The average Bonchev–Trinajstić information content (AvgIpc) is 2.91. The van der Waals surface area contributed by atoms with Crippen molar-refractivity contribution < 1.29 is 14.0 Å². The Morgan fingerprint density at radius 3 is 2.55 bits per heavy atom. The fraction of sp³-hybridized carbons (Fsp3) is 0.571. The van der Waals surface area contributed by atoms with Crippen LogP contribution in [0.15, 0.2) is 22.8 Å². The quantitative estimate of drug-likeness (QED) is 0.874. The van der Waals surface area contributed by atoms with Crippen LogP contribution in [0.1, 0.15) is 24.4 Å². The maximum Gasteiger partial charge on any atom is 0.289 e. The lowest BCUT2D eigenvalue weighted by atomic mass is 10.2. The van der Waals surface area contributed by atoms with Crippen molar-refractivity contribution in [3.8, 4) is 0 Å². The van der Waals surface area contributed by atoms with Crippen molar-refractivity contribution in [2.45, 2.75) is 19.9 Å². The first kappa shape index (κ1) is 14.6. The normalized spacial score (nSPS) is 16.4. The van der Waals surface area contributed by atoms with Crippen molar-refractivity contribution >= 4 is 11.8 Å². The van der Waals surface area contributed by atoms with Crippen LogP contribution >= 0.6 is 0 Å². The van der Waals surface area contributed by atoms with Gasteiger partial charge in [0.05, 0.1) is 12.8 Å². The van der Waals surface area contributed by atoms with Crippen LogP contribution in [0.5, 0.6) is 0 Å². The van der Waals surface area contributed by atoms with Gasteiger partial charge < -0.3 is 14.6 Å². The number of nitrogens with one attached hydrogen (secondary N) is 1. The topological polar surface area (TPSA) is 65.8 Å². The van der Waals surface area contributed by atoms with E-state index in [-0.39, 0.29) is 17.9 Å². The van der Waals surface area contributed by atoms with Crippen LogP contribution in [0, 0.1) is 0 Å². The summed E-state index contributed by atoms with van der Waals surface area (Å²) in [7, 11) is 0. The Morgan fingerprint density at radius 1 is 1.30 bits per heavy atom. The zero-order valence-corrected chi connectivity index (χ0v) is 12.0. The zero-order chi connectivity index (χ0) is 14.5. The molecular formula is C14H21N3O3. The van der Waals surface area contributed by atoms with Gasteiger partial charge in [-0.2, -0.15) is 0 Å². The molecule has 1 fully saturated rings. The van der Waals surface area contributed by atoms with Crippen LogP contribution in [0.25, 0.3) is 0 Å². The smallest absolute Gasteiger partial charge is 0.289 e. The molecule has 6 nitrogen and oxygen atoms in total. The van der Waals surface area contributed by atoms with Gasteiger partial charge in [0.1, 0.15) is 0 Å². The molecule has 0 spiro atoms. The summed E-state index contributed by atoms with van der Waals surface area (Å²) < 4.78 is 5.11. The van der Waals surface area contributed by atoms with Gasteiger partial charge in [0.15, 0.2) is 5.76 Å². The third-order valence-electron chi connectivity index (χ3n) is 3.21. The molecule has 2 rings (SSSR count). The van der Waals surface area contributed by atoms with Crippen LogP contribution in [0.2, 0.25) is 0 Å². The molecule has 0 aliphatic carbocycles. The predicted molar refractivity (Wildman–Crippen MR) is 74.3 cm³/mol. The summed E-state index contributed by atoms with van der Waals surface area (Å²) in [6.07, 6.45) is 1.50. The molecule has 1 aromatic heterocycles. The molecule has 1 aliphatic rings. The highest BCUT2D eigenvalue weighted by Gasteiger charge is 2.24. The van der Waals surface area contributed by atoms with Crippen molar-refractivity contribution in [1.82, 2.24) is 15.1 Å². The monoisotopic (exact) mass is 279 g/mol. The van der Waals surface area contributed by atoms with E-state index in [4.69, 9.17) is 4.42 Å². The highest BCUT2D eigenvalue weighted by atomic mass is 16.3. The fourth-order valence-electron chi connectivity index (χ4n) is 2.24. The Labute approximate surface area is 118 Å². The maximum atomic E-state index is 12.1. The van der Waals surface area contributed by atoms with Gasteiger partial charge in [-0.25, -0.2) is 0 Å². The average molecular weight is 279 g/mol. The first-order valence-corrected chi connectivity index (χ1v) is 6.91. The van der Waals surface area contributed by atoms with Gasteiger partial charge in [-0.15, -0.1) is 0 Å². The number of rotatable bonds is 4. The molecule has 0 atom stereocenters. The molecule has 1 N–H and O–H groups in total. The first-order valence-electron chi connectivity index (χ1n) is 6.91. The molecule has 110 valence electrons. The number of carbonyl (C=O) groups is 2. The van der Waals surface area contributed by atoms with E-state index < -0.39 is 0 Å². The van der Waals surface area contributed by atoms with Gasteiger partial charge in [-0.1, -0.05) is 0 Å². The van der Waals surface area contributed by atoms with E-state index in [1.54, 1.807) is 17.0 Å². The zero-order valence-electron chi connectivity index (χ0n) is 12.0. The summed E-state index contributed by atoms with van der Waals surface area (Å²) in [5.74, 6) is 0.322. The van der Waals surface area contributed by atoms with Gasteiger partial charge in [0.25, 0.3) is 5.91 Å². The molecule has 1 saturated heterocycles. The van der Waals surface area contributed by atoms with Gasteiger partial charge in [0, 0.05) is 32.2 Å². The molecule has 0 saturated carbocycles. The Morgan fingerprint density at radius 2 is 2.00 bits per heavy atom. The van der Waals surface area contributed by atoms with Crippen molar-refractivity contribution in [3.05, 3.63) is 24.2 Å². The third-order valence-corrected chi connectivity index (χ3v) is 3.21. The predicted octanol–water partition coefficient (Wildman–Crippen LogP) is 0.562. The van der Waals surface area contributed by atoms with Gasteiger partial charge >= 0.3 is 0 Å². The second-order valence-corrected chi connectivity index (χ2v) is 5.27. The molecule has 0 radical (unpaired) electrons. The van der Waals surface area contributed by atoms with Crippen LogP contribution < -0.4 is 5.32 Å². The molecule has 0 bridgehead atoms. The molecule has 2 heterocycles. The second kappa shape index (κ2) is 6.56. The van der Waals surface area contributed by atoms with Crippen LogP contribution in [-0.2, 0) is 4.79 Å². The Balaban J connectivity index is 1.78. The van der Waals surface area contributed by atoms with E-state index in [1.807, 2.05) is 13.8 Å². The van der Waals surface area contributed by atoms with Gasteiger partial charge in [-0.05, 0) is 26.0 Å². The molecule has 6 heteroatoms. The first-order chi connectivity index (χ1) is 9.56. The molecule has 2 amide bonds. The number of hydrogen-bond acceptors (Lipinski definition) is 4. The van der Waals surface area contributed by atoms with E-state index in [9.17, 15) is 9.59 Å². The van der Waals surface area contributed by atoms with Crippen LogP contribution in [0.4, 0.5) is 0 Å². The molecule has 1 aromatic rings. The molecular weight excluding hydrogens is 258 g/mol. The Bertz CT molecular complexity index is 448. The maximum absolute atomic E-state index is 12.1. The lowest BCUT2D eigenvalue weighted by Crippen LogP contribution is -2.51. The van der Waals surface area contributed by atoms with Gasteiger partial charge in [-0.3, -0.25) is 14.5 Å². The van der Waals surface area contributed by atoms with E-state index in [0.717, 1.165) is 0 Å². The number of piperazine rings is 1. The SMILES string of the molecule is CC(C)NC(=O)CN1CCN(C(=O)c2ccco2)CC1. The second-order valence-electron chi connectivity index (χ2n) is 5.27. The summed E-state index contributed by atoms with van der Waals surface area (Å²) in [4.78, 5) is 27.6. The fourth-order valence-corrected chi connectivity index (χ4v) is 2.24. The van der Waals surface area contributed by atoms with Crippen molar-refractivity contribution in [3.63, 3.8) is 0 Å². The minimum atomic E-state index is -0.0821. The summed E-state index contributed by atoms with van der Waals surface area (Å²) in [5, 5.41) is 2.87. The summed E-state index contributed by atoms with van der Waals surface area (Å²) >= 11 is 0. The number of carbonyl (C=O) groups excluding carboxylic acids is 2. The lowest BCUT2D eigenvalue weighted by Gasteiger charge is -2.33. The van der Waals surface area contributed by atoms with E-state index in [1.165, 1.54) is 6.26 Å². The Kier molecular flexibility index (Phi) is 4.79. The van der Waals surface area contributed by atoms with Crippen molar-refractivity contribution in [1.29, 1.82) is 0 Å². The van der Waals surface area contributed by atoms with Crippen molar-refractivity contribution in [2.75, 3.05) is 32.7 Å². The highest BCUT2D eigenvalue weighted by molar-refractivity contribution is 5.91. The lowest BCUT2D eigenvalue weighted by molar-refractivity contribution is -0.123. The summed E-state index contributed by atoms with van der Waals surface area (Å²) in [6.45, 7) is 6.93. The third kappa shape index (κ3) is 3.84. The number of hydrogen-bond donors (Lipinski definition) is 1. The van der Waals surface area contributed by atoms with Crippen molar-refractivity contribution in [2.24, 2.45) is 0 Å². The largest absolute Gasteiger partial charge is 0.459 e.